The van der Waals surface area contributed by atoms with E-state index >= 15 is 0 Å². The van der Waals surface area contributed by atoms with Crippen molar-refractivity contribution in [3.63, 3.8) is 0 Å². The standard InChI is InChI=1S/C7H5N5O/c8-1-6-9-2-5-7(11-6)12(4-13)3-10-5/h2-3,13H,4H2. The topological polar surface area (TPSA) is 87.6 Å². The first-order valence-corrected chi connectivity index (χ1v) is 3.54. The van der Waals surface area contributed by atoms with Crippen LogP contribution in [0.5, 0.6) is 0 Å². The molecular weight excluding hydrogens is 170 g/mol. The third kappa shape index (κ3) is 1.11. The number of nitrogens with zero attached hydrogens (tertiary/aromatic N) is 5. The molecule has 1 N–H and O–H groups in total. The lowest BCUT2D eigenvalue weighted by Gasteiger charge is -1.95. The number of fused-ring (bicyclic) bond motifs is 1. The molecule has 0 radical (unpaired) electrons. The third-order valence-electron chi connectivity index (χ3n) is 1.61. The zero-order valence-electron chi connectivity index (χ0n) is 6.55. The van der Waals surface area contributed by atoms with Crippen molar-refractivity contribution in [3.8, 4) is 6.07 Å². The van der Waals surface area contributed by atoms with Crippen LogP contribution < -0.4 is 0 Å². The molecule has 0 aliphatic carbocycles. The van der Waals surface area contributed by atoms with Crippen LogP contribution in [0.3, 0.4) is 0 Å². The molecule has 0 saturated carbocycles. The molecule has 2 heterocycles. The third-order valence-corrected chi connectivity index (χ3v) is 1.61. The summed E-state index contributed by atoms with van der Waals surface area (Å²) in [4.78, 5) is 11.6. The first kappa shape index (κ1) is 7.64. The van der Waals surface area contributed by atoms with E-state index in [0.717, 1.165) is 0 Å². The Labute approximate surface area is 73.1 Å². The van der Waals surface area contributed by atoms with E-state index in [1.54, 1.807) is 0 Å². The van der Waals surface area contributed by atoms with E-state index in [0.29, 0.717) is 11.2 Å². The quantitative estimate of drug-likeness (QED) is 0.639. The number of nitriles is 1. The molecule has 0 atom stereocenters. The maximum absolute atomic E-state index is 8.87. The molecule has 0 aliphatic rings. The Balaban J connectivity index is 2.73. The summed E-state index contributed by atoms with van der Waals surface area (Å²) < 4.78 is 1.43. The molecule has 0 saturated heterocycles. The predicted octanol–water partition coefficient (Wildman–Crippen LogP) is -0.352. The highest BCUT2D eigenvalue weighted by Gasteiger charge is 2.04. The SMILES string of the molecule is N#Cc1ncc2ncn(CO)c2n1. The fourth-order valence-electron chi connectivity index (χ4n) is 1.01. The van der Waals surface area contributed by atoms with Gasteiger partial charge in [0.25, 0.3) is 0 Å². The zero-order chi connectivity index (χ0) is 9.26. The first-order chi connectivity index (χ1) is 6.35. The summed E-state index contributed by atoms with van der Waals surface area (Å²) in [5, 5.41) is 17.4. The number of aliphatic hydroxyl groups is 1. The van der Waals surface area contributed by atoms with Crippen LogP contribution in [0.1, 0.15) is 5.82 Å². The largest absolute Gasteiger partial charge is 0.376 e. The van der Waals surface area contributed by atoms with E-state index in [9.17, 15) is 0 Å². The Morgan fingerprint density at radius 3 is 3.08 bits per heavy atom. The van der Waals surface area contributed by atoms with E-state index in [1.165, 1.54) is 17.1 Å². The van der Waals surface area contributed by atoms with Gasteiger partial charge in [0.1, 0.15) is 18.3 Å². The molecule has 0 fully saturated rings. The molecule has 0 amide bonds. The van der Waals surface area contributed by atoms with Gasteiger partial charge in [0, 0.05) is 0 Å². The molecule has 0 spiro atoms. The number of imidazole rings is 1. The van der Waals surface area contributed by atoms with Gasteiger partial charge >= 0.3 is 0 Å². The first-order valence-electron chi connectivity index (χ1n) is 3.54. The molecule has 2 rings (SSSR count). The second kappa shape index (κ2) is 2.80. The Morgan fingerprint density at radius 1 is 1.54 bits per heavy atom. The molecule has 2 aromatic heterocycles. The van der Waals surface area contributed by atoms with Gasteiger partial charge in [-0.3, -0.25) is 4.57 Å². The molecule has 6 nitrogen and oxygen atoms in total. The van der Waals surface area contributed by atoms with E-state index in [4.69, 9.17) is 10.4 Å². The fourth-order valence-corrected chi connectivity index (χ4v) is 1.01. The molecule has 13 heavy (non-hydrogen) atoms. The number of rotatable bonds is 1. The summed E-state index contributed by atoms with van der Waals surface area (Å²) in [5.41, 5.74) is 1.03. The van der Waals surface area contributed by atoms with Crippen molar-refractivity contribution < 1.29 is 5.11 Å². The Bertz CT molecular complexity index is 483. The van der Waals surface area contributed by atoms with Gasteiger partial charge in [-0.05, 0) is 0 Å². The number of hydrogen-bond donors (Lipinski definition) is 1. The Hall–Kier alpha value is -2.00. The van der Waals surface area contributed by atoms with Crippen molar-refractivity contribution in [2.24, 2.45) is 0 Å². The van der Waals surface area contributed by atoms with Crippen LogP contribution in [0.25, 0.3) is 11.2 Å². The number of hydrogen-bond acceptors (Lipinski definition) is 5. The van der Waals surface area contributed by atoms with Crippen molar-refractivity contribution in [2.75, 3.05) is 0 Å². The van der Waals surface area contributed by atoms with Crippen LogP contribution in [0.15, 0.2) is 12.5 Å². The monoisotopic (exact) mass is 175 g/mol. The van der Waals surface area contributed by atoms with Crippen LogP contribution >= 0.6 is 0 Å². The normalized spacial score (nSPS) is 10.2. The molecular formula is C7H5N5O. The lowest BCUT2D eigenvalue weighted by Crippen LogP contribution is -1.97. The summed E-state index contributed by atoms with van der Waals surface area (Å²) in [6, 6.07) is 1.82. The fraction of sp³-hybridized carbons (Fsp3) is 0.143. The van der Waals surface area contributed by atoms with Crippen LogP contribution in [0.2, 0.25) is 0 Å². The second-order valence-electron chi connectivity index (χ2n) is 2.37. The molecule has 0 aromatic carbocycles. The van der Waals surface area contributed by atoms with Crippen LogP contribution in [-0.2, 0) is 6.73 Å². The molecule has 6 heteroatoms. The zero-order valence-corrected chi connectivity index (χ0v) is 6.55. The van der Waals surface area contributed by atoms with Gasteiger partial charge in [-0.25, -0.2) is 9.97 Å². The highest BCUT2D eigenvalue weighted by atomic mass is 16.3. The van der Waals surface area contributed by atoms with Crippen molar-refractivity contribution in [2.45, 2.75) is 6.73 Å². The maximum atomic E-state index is 8.87. The van der Waals surface area contributed by atoms with Gasteiger partial charge < -0.3 is 5.11 Å². The van der Waals surface area contributed by atoms with Gasteiger partial charge in [-0.2, -0.15) is 10.2 Å². The molecule has 2 aromatic rings. The van der Waals surface area contributed by atoms with Gasteiger partial charge in [-0.15, -0.1) is 0 Å². The van der Waals surface area contributed by atoms with Crippen molar-refractivity contribution >= 4 is 11.2 Å². The minimum atomic E-state index is -0.210. The maximum Gasteiger partial charge on any atom is 0.234 e. The van der Waals surface area contributed by atoms with Gasteiger partial charge in [0.15, 0.2) is 5.65 Å². The predicted molar refractivity (Wildman–Crippen MR) is 42.3 cm³/mol. The van der Waals surface area contributed by atoms with Crippen LogP contribution in [0.4, 0.5) is 0 Å². The summed E-state index contributed by atoms with van der Waals surface area (Å²) in [6.07, 6.45) is 2.90. The van der Waals surface area contributed by atoms with E-state index in [-0.39, 0.29) is 12.6 Å². The molecule has 0 unspecified atom stereocenters. The summed E-state index contributed by atoms with van der Waals surface area (Å²) in [5.74, 6) is 0.0719. The summed E-state index contributed by atoms with van der Waals surface area (Å²) in [7, 11) is 0. The van der Waals surface area contributed by atoms with E-state index in [2.05, 4.69) is 15.0 Å². The smallest absolute Gasteiger partial charge is 0.234 e. The van der Waals surface area contributed by atoms with Gasteiger partial charge in [0.05, 0.1) is 12.5 Å². The van der Waals surface area contributed by atoms with Gasteiger partial charge in [-0.1, -0.05) is 0 Å². The van der Waals surface area contributed by atoms with Crippen LogP contribution in [0, 0.1) is 11.3 Å². The number of aliphatic hydroxyl groups excluding tert-OH is 1. The highest BCUT2D eigenvalue weighted by Crippen LogP contribution is 2.07. The van der Waals surface area contributed by atoms with Crippen molar-refractivity contribution in [1.82, 2.24) is 19.5 Å². The lowest BCUT2D eigenvalue weighted by atomic mass is 10.5. The van der Waals surface area contributed by atoms with Crippen LogP contribution in [-0.4, -0.2) is 24.6 Å². The summed E-state index contributed by atoms with van der Waals surface area (Å²) in [6.45, 7) is -0.210. The van der Waals surface area contributed by atoms with E-state index < -0.39 is 0 Å². The van der Waals surface area contributed by atoms with E-state index in [1.807, 2.05) is 6.07 Å². The Morgan fingerprint density at radius 2 is 2.38 bits per heavy atom. The molecule has 0 aliphatic heterocycles. The average Bonchev–Trinajstić information content (AvgIpc) is 2.59. The average molecular weight is 175 g/mol. The lowest BCUT2D eigenvalue weighted by molar-refractivity contribution is 0.214. The number of aromatic nitrogens is 4. The Kier molecular flexibility index (Phi) is 1.65. The van der Waals surface area contributed by atoms with Crippen molar-refractivity contribution in [3.05, 3.63) is 18.3 Å². The molecule has 64 valence electrons. The van der Waals surface area contributed by atoms with Crippen molar-refractivity contribution in [1.29, 1.82) is 5.26 Å². The highest BCUT2D eigenvalue weighted by molar-refractivity contribution is 5.69. The van der Waals surface area contributed by atoms with Gasteiger partial charge in [0.2, 0.25) is 5.82 Å². The second-order valence-corrected chi connectivity index (χ2v) is 2.37. The summed E-state index contributed by atoms with van der Waals surface area (Å²) >= 11 is 0. The minimum absolute atomic E-state index is 0.0719. The minimum Gasteiger partial charge on any atom is -0.376 e. The molecule has 0 bridgehead atoms.